The van der Waals surface area contributed by atoms with Gasteiger partial charge in [0.15, 0.2) is 5.82 Å². The van der Waals surface area contributed by atoms with Crippen LogP contribution in [0.4, 0.5) is 0 Å². The van der Waals surface area contributed by atoms with Gasteiger partial charge in [0.1, 0.15) is 0 Å². The van der Waals surface area contributed by atoms with Gasteiger partial charge in [0.25, 0.3) is 5.91 Å². The quantitative estimate of drug-likeness (QED) is 0.806. The van der Waals surface area contributed by atoms with Gasteiger partial charge in [0, 0.05) is 32.2 Å². The van der Waals surface area contributed by atoms with E-state index in [1.807, 2.05) is 11.8 Å². The third-order valence-corrected chi connectivity index (χ3v) is 4.59. The fourth-order valence-electron chi connectivity index (χ4n) is 3.06. The summed E-state index contributed by atoms with van der Waals surface area (Å²) in [6.45, 7) is 8.52. The highest BCUT2D eigenvalue weighted by atomic mass is 16.5. The highest BCUT2D eigenvalue weighted by molar-refractivity contribution is 5.95. The molecule has 0 unspecified atom stereocenters. The Labute approximate surface area is 147 Å². The number of hydrogen-bond acceptors (Lipinski definition) is 6. The van der Waals surface area contributed by atoms with Crippen LogP contribution in [0, 0.1) is 0 Å². The lowest BCUT2D eigenvalue weighted by Gasteiger charge is -2.34. The molecule has 0 atom stereocenters. The highest BCUT2D eigenvalue weighted by Crippen LogP contribution is 2.18. The van der Waals surface area contributed by atoms with Crippen LogP contribution in [0.3, 0.4) is 0 Å². The summed E-state index contributed by atoms with van der Waals surface area (Å²) in [6.07, 6.45) is 2.32. The van der Waals surface area contributed by atoms with E-state index < -0.39 is 0 Å². The van der Waals surface area contributed by atoms with E-state index in [4.69, 9.17) is 4.74 Å². The molecule has 1 aliphatic rings. The summed E-state index contributed by atoms with van der Waals surface area (Å²) in [6, 6.07) is 3.52. The van der Waals surface area contributed by atoms with E-state index >= 15 is 0 Å². The van der Waals surface area contributed by atoms with Gasteiger partial charge in [-0.25, -0.2) is 4.68 Å². The maximum Gasteiger partial charge on any atom is 0.257 e. The third kappa shape index (κ3) is 3.48. The van der Waals surface area contributed by atoms with Gasteiger partial charge >= 0.3 is 0 Å². The molecule has 134 valence electrons. The molecular formula is C17H24N6O2. The van der Waals surface area contributed by atoms with Crippen molar-refractivity contribution < 1.29 is 9.53 Å². The van der Waals surface area contributed by atoms with Gasteiger partial charge in [-0.1, -0.05) is 13.8 Å². The zero-order valence-corrected chi connectivity index (χ0v) is 15.0. The number of ether oxygens (including phenoxy) is 1. The predicted octanol–water partition coefficient (Wildman–Crippen LogP) is 1.01. The average molecular weight is 344 g/mol. The zero-order chi connectivity index (χ0) is 17.8. The second-order valence-corrected chi connectivity index (χ2v) is 5.93. The molecule has 1 aliphatic heterocycles. The van der Waals surface area contributed by atoms with Crippen molar-refractivity contribution in [3.63, 3.8) is 0 Å². The Hall–Kier alpha value is -2.48. The van der Waals surface area contributed by atoms with E-state index in [0.29, 0.717) is 23.7 Å². The highest BCUT2D eigenvalue weighted by Gasteiger charge is 2.25. The van der Waals surface area contributed by atoms with Crippen molar-refractivity contribution in [2.75, 3.05) is 39.8 Å². The fourth-order valence-corrected chi connectivity index (χ4v) is 3.06. The van der Waals surface area contributed by atoms with Crippen LogP contribution in [0.15, 0.2) is 18.3 Å². The Kier molecular flexibility index (Phi) is 5.28. The Morgan fingerprint density at radius 2 is 1.92 bits per heavy atom. The van der Waals surface area contributed by atoms with Crippen LogP contribution in [-0.4, -0.2) is 75.5 Å². The number of nitrogens with zero attached hydrogens (tertiary/aromatic N) is 6. The number of piperazine rings is 1. The van der Waals surface area contributed by atoms with Crippen LogP contribution in [0.1, 0.15) is 29.9 Å². The summed E-state index contributed by atoms with van der Waals surface area (Å²) in [4.78, 5) is 17.2. The maximum absolute atomic E-state index is 12.9. The molecule has 3 rings (SSSR count). The molecule has 8 nitrogen and oxygen atoms in total. The maximum atomic E-state index is 12.9. The van der Waals surface area contributed by atoms with Gasteiger partial charge in [-0.2, -0.15) is 5.10 Å². The van der Waals surface area contributed by atoms with Gasteiger partial charge in [-0.05, 0) is 19.0 Å². The molecule has 0 spiro atoms. The van der Waals surface area contributed by atoms with Crippen LogP contribution in [0.5, 0.6) is 5.88 Å². The van der Waals surface area contributed by atoms with E-state index in [-0.39, 0.29) is 5.91 Å². The zero-order valence-electron chi connectivity index (χ0n) is 15.0. The summed E-state index contributed by atoms with van der Waals surface area (Å²) in [5.74, 6) is 1.06. The first-order chi connectivity index (χ1) is 12.2. The molecule has 2 aromatic rings. The molecule has 2 aromatic heterocycles. The van der Waals surface area contributed by atoms with Crippen LogP contribution in [-0.2, 0) is 6.42 Å². The van der Waals surface area contributed by atoms with Crippen molar-refractivity contribution in [3.8, 4) is 11.7 Å². The molecule has 25 heavy (non-hydrogen) atoms. The summed E-state index contributed by atoms with van der Waals surface area (Å²) in [5, 5.41) is 12.5. The number of amides is 1. The molecule has 1 fully saturated rings. The molecule has 0 saturated carbocycles. The second kappa shape index (κ2) is 7.60. The largest absolute Gasteiger partial charge is 0.480 e. The lowest BCUT2D eigenvalue weighted by atomic mass is 10.1. The Morgan fingerprint density at radius 3 is 2.48 bits per heavy atom. The van der Waals surface area contributed by atoms with Crippen molar-refractivity contribution in [1.82, 2.24) is 29.8 Å². The topological polar surface area (TPSA) is 76.4 Å². The average Bonchev–Trinajstić information content (AvgIpc) is 3.11. The number of aromatic nitrogens is 4. The van der Waals surface area contributed by atoms with Crippen molar-refractivity contribution in [2.45, 2.75) is 20.3 Å². The second-order valence-electron chi connectivity index (χ2n) is 5.93. The van der Waals surface area contributed by atoms with Crippen LogP contribution >= 0.6 is 0 Å². The molecule has 0 N–H and O–H groups in total. The van der Waals surface area contributed by atoms with E-state index in [9.17, 15) is 4.79 Å². The smallest absolute Gasteiger partial charge is 0.257 e. The van der Waals surface area contributed by atoms with Gasteiger partial charge in [0.2, 0.25) is 5.88 Å². The van der Waals surface area contributed by atoms with Crippen molar-refractivity contribution >= 4 is 5.91 Å². The van der Waals surface area contributed by atoms with E-state index in [0.717, 1.165) is 38.4 Å². The van der Waals surface area contributed by atoms with E-state index in [2.05, 4.69) is 27.1 Å². The standard InChI is InChI=1S/C17H24N6O2/c1-4-14-13(17(24)22-10-8-21(5-2)9-11-22)12-18-23(14)15-6-7-16(25-3)20-19-15/h6-7,12H,4-5,8-11H2,1-3H3. The fraction of sp³-hybridized carbons (Fsp3) is 0.529. The minimum atomic E-state index is 0.0420. The normalized spacial score (nSPS) is 15.4. The molecular weight excluding hydrogens is 320 g/mol. The molecule has 0 radical (unpaired) electrons. The Morgan fingerprint density at radius 1 is 1.16 bits per heavy atom. The number of carbonyl (C=O) groups is 1. The number of likely N-dealkylation sites (N-methyl/N-ethyl adjacent to an activating group) is 1. The minimum Gasteiger partial charge on any atom is -0.480 e. The first-order valence-corrected chi connectivity index (χ1v) is 8.64. The van der Waals surface area contributed by atoms with Gasteiger partial charge in [0.05, 0.1) is 24.6 Å². The Balaban J connectivity index is 1.83. The van der Waals surface area contributed by atoms with Crippen LogP contribution in [0.2, 0.25) is 0 Å². The Bertz CT molecular complexity index is 719. The summed E-state index contributed by atoms with van der Waals surface area (Å²) in [5.41, 5.74) is 1.49. The molecule has 1 amide bonds. The number of methoxy groups -OCH3 is 1. The number of carbonyl (C=O) groups excluding carboxylic acids is 1. The summed E-state index contributed by atoms with van der Waals surface area (Å²) in [7, 11) is 1.55. The van der Waals surface area contributed by atoms with Crippen LogP contribution < -0.4 is 4.74 Å². The molecule has 0 aliphatic carbocycles. The first kappa shape index (κ1) is 17.3. The monoisotopic (exact) mass is 344 g/mol. The third-order valence-electron chi connectivity index (χ3n) is 4.59. The van der Waals surface area contributed by atoms with Gasteiger partial charge in [-0.3, -0.25) is 4.79 Å². The van der Waals surface area contributed by atoms with E-state index in [1.54, 1.807) is 30.1 Å². The molecule has 1 saturated heterocycles. The lowest BCUT2D eigenvalue weighted by molar-refractivity contribution is 0.0642. The molecule has 3 heterocycles. The van der Waals surface area contributed by atoms with E-state index in [1.165, 1.54) is 0 Å². The molecule has 0 aromatic carbocycles. The lowest BCUT2D eigenvalue weighted by Crippen LogP contribution is -2.48. The van der Waals surface area contributed by atoms with Crippen molar-refractivity contribution in [3.05, 3.63) is 29.6 Å². The van der Waals surface area contributed by atoms with Gasteiger partial charge in [-0.15, -0.1) is 10.2 Å². The predicted molar refractivity (Wildman–Crippen MR) is 93.1 cm³/mol. The summed E-state index contributed by atoms with van der Waals surface area (Å²) < 4.78 is 6.72. The first-order valence-electron chi connectivity index (χ1n) is 8.64. The van der Waals surface area contributed by atoms with Gasteiger partial charge < -0.3 is 14.5 Å². The number of hydrogen-bond donors (Lipinski definition) is 0. The molecule has 8 heteroatoms. The van der Waals surface area contributed by atoms with Crippen LogP contribution in [0.25, 0.3) is 5.82 Å². The number of rotatable bonds is 5. The molecule has 0 bridgehead atoms. The minimum absolute atomic E-state index is 0.0420. The SMILES string of the molecule is CCc1c(C(=O)N2CCN(CC)CC2)cnn1-c1ccc(OC)nn1. The summed E-state index contributed by atoms with van der Waals surface area (Å²) >= 11 is 0. The van der Waals surface area contributed by atoms with Crippen molar-refractivity contribution in [2.24, 2.45) is 0 Å². The van der Waals surface area contributed by atoms with Crippen molar-refractivity contribution in [1.29, 1.82) is 0 Å².